The summed E-state index contributed by atoms with van der Waals surface area (Å²) in [4.78, 5) is 6.53. The second-order valence-electron chi connectivity index (χ2n) is 6.23. The third-order valence-electron chi connectivity index (χ3n) is 4.11. The number of rotatable bonds is 12. The van der Waals surface area contributed by atoms with Crippen LogP contribution < -0.4 is 20.1 Å². The van der Waals surface area contributed by atoms with Gasteiger partial charge in [0.15, 0.2) is 17.5 Å². The summed E-state index contributed by atoms with van der Waals surface area (Å²) in [5, 5.41) is 6.77. The maximum Gasteiger partial charge on any atom is 0.191 e. The van der Waals surface area contributed by atoms with Crippen LogP contribution in [0.3, 0.4) is 0 Å². The molecule has 0 amide bonds. The van der Waals surface area contributed by atoms with Crippen LogP contribution in [0.2, 0.25) is 0 Å². The second-order valence-corrected chi connectivity index (χ2v) is 6.23. The van der Waals surface area contributed by atoms with Crippen molar-refractivity contribution < 1.29 is 14.2 Å². The van der Waals surface area contributed by atoms with Crippen LogP contribution in [-0.4, -0.2) is 71.5 Å². The molecule has 0 radical (unpaired) electrons. The highest BCUT2D eigenvalue weighted by atomic mass is 127. The summed E-state index contributed by atoms with van der Waals surface area (Å²) in [6.07, 6.45) is 0. The first-order valence-electron chi connectivity index (χ1n) is 9.59. The normalized spacial score (nSPS) is 12.3. The minimum atomic E-state index is 0. The fraction of sp³-hybridized carbons (Fsp3) is 0.650. The number of nitrogens with zero attached hydrogens (tertiary/aromatic N) is 2. The molecule has 1 rings (SSSR count). The molecule has 1 aromatic carbocycles. The molecule has 162 valence electrons. The van der Waals surface area contributed by atoms with Crippen molar-refractivity contribution in [1.82, 2.24) is 15.5 Å². The van der Waals surface area contributed by atoms with E-state index in [1.54, 1.807) is 14.2 Å². The molecule has 1 aromatic rings. The van der Waals surface area contributed by atoms with Gasteiger partial charge in [0.05, 0.1) is 25.9 Å². The number of methoxy groups -OCH3 is 1. The van der Waals surface area contributed by atoms with E-state index in [1.807, 2.05) is 26.0 Å². The third-order valence-corrected chi connectivity index (χ3v) is 4.11. The number of nitrogens with one attached hydrogen (secondary N) is 2. The van der Waals surface area contributed by atoms with Crippen molar-refractivity contribution in [3.63, 3.8) is 0 Å². The quantitative estimate of drug-likeness (QED) is 0.257. The number of halogens is 1. The van der Waals surface area contributed by atoms with Gasteiger partial charge >= 0.3 is 0 Å². The van der Waals surface area contributed by atoms with Gasteiger partial charge in [-0.05, 0) is 45.5 Å². The highest BCUT2D eigenvalue weighted by molar-refractivity contribution is 14.0. The lowest BCUT2D eigenvalue weighted by molar-refractivity contribution is 0.162. The number of guanidine groups is 1. The topological polar surface area (TPSA) is 67.4 Å². The Morgan fingerprint density at radius 3 is 2.43 bits per heavy atom. The molecule has 0 aliphatic carbocycles. The molecule has 0 spiro atoms. The van der Waals surface area contributed by atoms with Crippen LogP contribution in [0, 0.1) is 0 Å². The molecule has 0 aromatic heterocycles. The Balaban J connectivity index is 0.00000729. The summed E-state index contributed by atoms with van der Waals surface area (Å²) >= 11 is 0. The molecule has 2 N–H and O–H groups in total. The van der Waals surface area contributed by atoms with E-state index in [0.29, 0.717) is 13.2 Å². The monoisotopic (exact) mass is 508 g/mol. The van der Waals surface area contributed by atoms with Crippen LogP contribution >= 0.6 is 24.0 Å². The first kappa shape index (κ1) is 26.7. The average Bonchev–Trinajstić information content (AvgIpc) is 2.67. The van der Waals surface area contributed by atoms with Crippen LogP contribution in [0.15, 0.2) is 23.2 Å². The molecular formula is C20H37IN4O3. The van der Waals surface area contributed by atoms with E-state index in [4.69, 9.17) is 14.2 Å². The predicted octanol–water partition coefficient (Wildman–Crippen LogP) is 2.91. The molecular weight excluding hydrogens is 471 g/mol. The molecule has 0 saturated heterocycles. The molecule has 0 bridgehead atoms. The van der Waals surface area contributed by atoms with E-state index in [2.05, 4.69) is 40.6 Å². The third kappa shape index (κ3) is 9.79. The first-order chi connectivity index (χ1) is 13.0. The number of aliphatic imine (C=N–C) groups is 1. The van der Waals surface area contributed by atoms with Crippen molar-refractivity contribution in [2.45, 2.75) is 26.8 Å². The van der Waals surface area contributed by atoms with Crippen molar-refractivity contribution in [3.05, 3.63) is 23.8 Å². The van der Waals surface area contributed by atoms with Gasteiger partial charge in [-0.1, -0.05) is 6.07 Å². The summed E-state index contributed by atoms with van der Waals surface area (Å²) < 4.78 is 16.5. The number of ether oxygens (including phenoxy) is 3. The summed E-state index contributed by atoms with van der Waals surface area (Å²) in [6, 6.07) is 6.12. The summed E-state index contributed by atoms with van der Waals surface area (Å²) in [7, 11) is 5.58. The molecule has 0 saturated carbocycles. The van der Waals surface area contributed by atoms with Crippen molar-refractivity contribution in [2.75, 3.05) is 60.7 Å². The van der Waals surface area contributed by atoms with Gasteiger partial charge in [0, 0.05) is 33.8 Å². The van der Waals surface area contributed by atoms with Gasteiger partial charge in [0.2, 0.25) is 0 Å². The van der Waals surface area contributed by atoms with Gasteiger partial charge in [0.25, 0.3) is 0 Å². The molecule has 0 aliphatic heterocycles. The number of benzene rings is 1. The van der Waals surface area contributed by atoms with Crippen LogP contribution in [-0.2, 0) is 4.74 Å². The highest BCUT2D eigenvalue weighted by Gasteiger charge is 2.12. The molecule has 1 atom stereocenters. The lowest BCUT2D eigenvalue weighted by atomic mass is 10.1. The van der Waals surface area contributed by atoms with Crippen LogP contribution in [0.1, 0.15) is 32.4 Å². The van der Waals surface area contributed by atoms with E-state index in [-0.39, 0.29) is 30.0 Å². The Labute approximate surface area is 187 Å². The lowest BCUT2D eigenvalue weighted by Crippen LogP contribution is -2.42. The fourth-order valence-corrected chi connectivity index (χ4v) is 2.54. The van der Waals surface area contributed by atoms with E-state index < -0.39 is 0 Å². The van der Waals surface area contributed by atoms with E-state index in [1.165, 1.54) is 0 Å². The van der Waals surface area contributed by atoms with Crippen molar-refractivity contribution in [1.29, 1.82) is 0 Å². The number of likely N-dealkylation sites (N-methyl/N-ethyl adjacent to an activating group) is 1. The summed E-state index contributed by atoms with van der Waals surface area (Å²) in [5.41, 5.74) is 1.11. The average molecular weight is 508 g/mol. The van der Waals surface area contributed by atoms with Gasteiger partial charge in [0.1, 0.15) is 0 Å². The van der Waals surface area contributed by atoms with Crippen LogP contribution in [0.25, 0.3) is 0 Å². The molecule has 1 unspecified atom stereocenters. The van der Waals surface area contributed by atoms with Crippen molar-refractivity contribution in [3.8, 4) is 11.5 Å². The molecule has 0 aliphatic rings. The lowest BCUT2D eigenvalue weighted by Gasteiger charge is -2.21. The summed E-state index contributed by atoms with van der Waals surface area (Å²) in [6.45, 7) is 10.6. The Bertz CT molecular complexity index is 572. The smallest absolute Gasteiger partial charge is 0.191 e. The van der Waals surface area contributed by atoms with Gasteiger partial charge in [-0.3, -0.25) is 4.99 Å². The van der Waals surface area contributed by atoms with E-state index >= 15 is 0 Å². The minimum absolute atomic E-state index is 0. The minimum Gasteiger partial charge on any atom is -0.490 e. The SMILES string of the molecule is CCOc1ccc(C(C)NC(=NC)NCCN(C)CCOC)cc1OCC.I. The Kier molecular flexibility index (Phi) is 14.9. The summed E-state index contributed by atoms with van der Waals surface area (Å²) in [5.74, 6) is 2.32. The Morgan fingerprint density at radius 2 is 1.82 bits per heavy atom. The first-order valence-corrected chi connectivity index (χ1v) is 9.59. The Morgan fingerprint density at radius 1 is 1.14 bits per heavy atom. The largest absolute Gasteiger partial charge is 0.490 e. The van der Waals surface area contributed by atoms with E-state index in [0.717, 1.165) is 49.3 Å². The standard InChI is InChI=1S/C20H36N4O3.HI/c1-7-26-18-10-9-17(15-19(18)27-8-2)16(3)23-20(21-4)22-11-12-24(5)13-14-25-6;/h9-10,15-16H,7-8,11-14H2,1-6H3,(H2,21,22,23);1H. The molecule has 7 nitrogen and oxygen atoms in total. The fourth-order valence-electron chi connectivity index (χ4n) is 2.54. The maximum atomic E-state index is 5.72. The second kappa shape index (κ2) is 15.6. The Hall–Kier alpha value is -1.26. The molecule has 28 heavy (non-hydrogen) atoms. The van der Waals surface area contributed by atoms with E-state index in [9.17, 15) is 0 Å². The highest BCUT2D eigenvalue weighted by Crippen LogP contribution is 2.30. The van der Waals surface area contributed by atoms with Gasteiger partial charge in [-0.2, -0.15) is 0 Å². The van der Waals surface area contributed by atoms with Crippen LogP contribution in [0.4, 0.5) is 0 Å². The zero-order chi connectivity index (χ0) is 20.1. The van der Waals surface area contributed by atoms with Crippen molar-refractivity contribution in [2.24, 2.45) is 4.99 Å². The van der Waals surface area contributed by atoms with Gasteiger partial charge < -0.3 is 29.7 Å². The number of hydrogen-bond donors (Lipinski definition) is 2. The zero-order valence-corrected chi connectivity index (χ0v) is 20.4. The number of hydrogen-bond acceptors (Lipinski definition) is 5. The molecule has 8 heteroatoms. The van der Waals surface area contributed by atoms with Crippen molar-refractivity contribution >= 4 is 29.9 Å². The van der Waals surface area contributed by atoms with Crippen LogP contribution in [0.5, 0.6) is 11.5 Å². The molecule has 0 heterocycles. The van der Waals surface area contributed by atoms with Gasteiger partial charge in [-0.15, -0.1) is 24.0 Å². The predicted molar refractivity (Wildman–Crippen MR) is 126 cm³/mol. The maximum absolute atomic E-state index is 5.72. The van der Waals surface area contributed by atoms with Gasteiger partial charge in [-0.25, -0.2) is 0 Å². The molecule has 0 fully saturated rings. The zero-order valence-electron chi connectivity index (χ0n) is 18.1.